The summed E-state index contributed by atoms with van der Waals surface area (Å²) in [7, 11) is 0. The first-order valence-electron chi connectivity index (χ1n) is 5.63. The van der Waals surface area contributed by atoms with Crippen molar-refractivity contribution in [3.63, 3.8) is 0 Å². The Balaban J connectivity index is 2.44. The number of Topliss-reactive ketones (excluding diaryl/α,β-unsaturated/α-hetero) is 1. The maximum Gasteiger partial charge on any atom is 0.171 e. The van der Waals surface area contributed by atoms with Gasteiger partial charge in [0.2, 0.25) is 0 Å². The van der Waals surface area contributed by atoms with Gasteiger partial charge in [0.25, 0.3) is 0 Å². The molecule has 0 aliphatic heterocycles. The Labute approximate surface area is 116 Å². The predicted molar refractivity (Wildman–Crippen MR) is 72.4 cm³/mol. The van der Waals surface area contributed by atoms with Gasteiger partial charge in [-0.15, -0.1) is 0 Å². The molecule has 0 heterocycles. The van der Waals surface area contributed by atoms with Crippen molar-refractivity contribution >= 4 is 40.6 Å². The molecule has 0 spiro atoms. The third-order valence-corrected chi connectivity index (χ3v) is 4.30. The van der Waals surface area contributed by atoms with E-state index < -0.39 is 0 Å². The normalized spacial score (nSPS) is 18.4. The minimum atomic E-state index is -0.318. The van der Waals surface area contributed by atoms with Crippen molar-refractivity contribution < 1.29 is 4.79 Å². The van der Waals surface area contributed by atoms with Crippen LogP contribution in [0.2, 0.25) is 15.1 Å². The number of carbonyl (C=O) groups excluding carboxylic acids is 1. The second kappa shape index (κ2) is 4.79. The summed E-state index contributed by atoms with van der Waals surface area (Å²) in [6.45, 7) is 1.99. The number of ketones is 1. The van der Waals surface area contributed by atoms with Crippen molar-refractivity contribution in [2.45, 2.75) is 32.6 Å². The van der Waals surface area contributed by atoms with E-state index in [1.807, 2.05) is 6.92 Å². The minimum Gasteiger partial charge on any atom is -0.293 e. The third-order valence-electron chi connectivity index (χ3n) is 3.49. The van der Waals surface area contributed by atoms with Gasteiger partial charge < -0.3 is 0 Å². The van der Waals surface area contributed by atoms with Gasteiger partial charge in [-0.2, -0.15) is 0 Å². The molecule has 0 saturated heterocycles. The van der Waals surface area contributed by atoms with Crippen molar-refractivity contribution in [1.82, 2.24) is 0 Å². The van der Waals surface area contributed by atoms with Gasteiger partial charge in [0.15, 0.2) is 5.78 Å². The zero-order valence-corrected chi connectivity index (χ0v) is 11.8. The molecule has 1 aromatic rings. The molecule has 0 amide bonds. The summed E-state index contributed by atoms with van der Waals surface area (Å²) in [6.07, 6.45) is 3.98. The number of benzene rings is 1. The highest BCUT2D eigenvalue weighted by Gasteiger charge is 2.38. The molecule has 92 valence electrons. The molecule has 1 saturated carbocycles. The molecule has 0 radical (unpaired) electrons. The van der Waals surface area contributed by atoms with Crippen molar-refractivity contribution in [2.75, 3.05) is 0 Å². The van der Waals surface area contributed by atoms with Crippen LogP contribution in [0.5, 0.6) is 0 Å². The van der Waals surface area contributed by atoms with Crippen LogP contribution in [0.15, 0.2) is 12.1 Å². The number of halogens is 3. The van der Waals surface area contributed by atoms with Gasteiger partial charge in [-0.25, -0.2) is 0 Å². The van der Waals surface area contributed by atoms with Gasteiger partial charge >= 0.3 is 0 Å². The van der Waals surface area contributed by atoms with E-state index in [1.54, 1.807) is 12.1 Å². The van der Waals surface area contributed by atoms with Crippen molar-refractivity contribution in [3.05, 3.63) is 32.8 Å². The van der Waals surface area contributed by atoms with E-state index in [9.17, 15) is 4.79 Å². The highest BCUT2D eigenvalue weighted by atomic mass is 35.5. The van der Waals surface area contributed by atoms with Crippen molar-refractivity contribution in [2.24, 2.45) is 5.41 Å². The fraction of sp³-hybridized carbons (Fsp3) is 0.462. The number of rotatable bonds is 2. The van der Waals surface area contributed by atoms with Crippen LogP contribution in [-0.4, -0.2) is 5.78 Å². The molecule has 1 fully saturated rings. The first-order chi connectivity index (χ1) is 7.94. The third kappa shape index (κ3) is 2.47. The summed E-state index contributed by atoms with van der Waals surface area (Å²) < 4.78 is 0. The Kier molecular flexibility index (Phi) is 3.72. The van der Waals surface area contributed by atoms with Crippen LogP contribution in [0, 0.1) is 5.41 Å². The molecule has 2 rings (SSSR count). The second-order valence-corrected chi connectivity index (χ2v) is 6.09. The van der Waals surface area contributed by atoms with Crippen LogP contribution in [0.4, 0.5) is 0 Å². The molecule has 0 unspecified atom stereocenters. The Morgan fingerprint density at radius 2 is 1.59 bits per heavy atom. The minimum absolute atomic E-state index is 0.0432. The van der Waals surface area contributed by atoms with Gasteiger partial charge in [-0.05, 0) is 25.0 Å². The van der Waals surface area contributed by atoms with Gasteiger partial charge in [-0.3, -0.25) is 4.79 Å². The predicted octanol–water partition coefficient (Wildman–Crippen LogP) is 5.41. The summed E-state index contributed by atoms with van der Waals surface area (Å²) in [4.78, 5) is 12.5. The SMILES string of the molecule is CC1(C(=O)c2c(Cl)cc(Cl)cc2Cl)CCCC1. The zero-order chi connectivity index (χ0) is 12.6. The van der Waals surface area contributed by atoms with Crippen LogP contribution >= 0.6 is 34.8 Å². The van der Waals surface area contributed by atoms with Crippen LogP contribution < -0.4 is 0 Å². The van der Waals surface area contributed by atoms with E-state index in [1.165, 1.54) is 0 Å². The molecular weight excluding hydrogens is 279 g/mol. The summed E-state index contributed by atoms with van der Waals surface area (Å²) in [5.74, 6) is 0.0432. The molecule has 0 atom stereocenters. The second-order valence-electron chi connectivity index (χ2n) is 4.84. The van der Waals surface area contributed by atoms with Crippen LogP contribution in [0.3, 0.4) is 0 Å². The molecule has 0 aromatic heterocycles. The van der Waals surface area contributed by atoms with E-state index in [0.717, 1.165) is 25.7 Å². The maximum atomic E-state index is 12.5. The Morgan fingerprint density at radius 1 is 1.12 bits per heavy atom. The molecule has 1 aliphatic carbocycles. The Hall–Kier alpha value is -0.240. The molecule has 1 aliphatic rings. The molecule has 0 N–H and O–H groups in total. The fourth-order valence-electron chi connectivity index (χ4n) is 2.44. The summed E-state index contributed by atoms with van der Waals surface area (Å²) >= 11 is 18.0. The lowest BCUT2D eigenvalue weighted by atomic mass is 9.81. The zero-order valence-electron chi connectivity index (χ0n) is 9.53. The summed E-state index contributed by atoms with van der Waals surface area (Å²) in [5.41, 5.74) is 0.100. The van der Waals surface area contributed by atoms with E-state index in [-0.39, 0.29) is 11.2 Å². The molecular formula is C13H13Cl3O. The lowest BCUT2D eigenvalue weighted by Crippen LogP contribution is -2.25. The van der Waals surface area contributed by atoms with Gasteiger partial charge in [0.1, 0.15) is 0 Å². The van der Waals surface area contributed by atoms with Gasteiger partial charge in [0.05, 0.1) is 15.6 Å². The summed E-state index contributed by atoms with van der Waals surface area (Å²) in [5, 5.41) is 1.15. The monoisotopic (exact) mass is 290 g/mol. The number of carbonyl (C=O) groups is 1. The lowest BCUT2D eigenvalue weighted by molar-refractivity contribution is 0.0824. The fourth-order valence-corrected chi connectivity index (χ4v) is 3.43. The first-order valence-corrected chi connectivity index (χ1v) is 6.77. The quantitative estimate of drug-likeness (QED) is 0.666. The van der Waals surface area contributed by atoms with E-state index >= 15 is 0 Å². The molecule has 1 nitrogen and oxygen atoms in total. The van der Waals surface area contributed by atoms with Gasteiger partial charge in [0, 0.05) is 10.4 Å². The Morgan fingerprint density at radius 3 is 2.06 bits per heavy atom. The highest BCUT2D eigenvalue weighted by molar-refractivity contribution is 6.42. The summed E-state index contributed by atoms with van der Waals surface area (Å²) in [6, 6.07) is 3.14. The maximum absolute atomic E-state index is 12.5. The number of hydrogen-bond acceptors (Lipinski definition) is 1. The Bertz CT molecular complexity index is 439. The van der Waals surface area contributed by atoms with Crippen LogP contribution in [-0.2, 0) is 0 Å². The standard InChI is InChI=1S/C13H13Cl3O/c1-13(4-2-3-5-13)12(17)11-9(15)6-8(14)7-10(11)16/h6-7H,2-5H2,1H3. The van der Waals surface area contributed by atoms with Crippen molar-refractivity contribution in [3.8, 4) is 0 Å². The van der Waals surface area contributed by atoms with Gasteiger partial charge in [-0.1, -0.05) is 54.6 Å². The van der Waals surface area contributed by atoms with Crippen molar-refractivity contribution in [1.29, 1.82) is 0 Å². The molecule has 4 heteroatoms. The average molecular weight is 292 g/mol. The lowest BCUT2D eigenvalue weighted by Gasteiger charge is -2.23. The smallest absolute Gasteiger partial charge is 0.171 e. The first kappa shape index (κ1) is 13.2. The topological polar surface area (TPSA) is 17.1 Å². The van der Waals surface area contributed by atoms with E-state index in [4.69, 9.17) is 34.8 Å². The van der Waals surface area contributed by atoms with E-state index in [0.29, 0.717) is 20.6 Å². The number of hydrogen-bond donors (Lipinski definition) is 0. The van der Waals surface area contributed by atoms with Crippen LogP contribution in [0.25, 0.3) is 0 Å². The molecule has 17 heavy (non-hydrogen) atoms. The molecule has 0 bridgehead atoms. The highest BCUT2D eigenvalue weighted by Crippen LogP contribution is 2.43. The van der Waals surface area contributed by atoms with E-state index in [2.05, 4.69) is 0 Å². The van der Waals surface area contributed by atoms with Crippen LogP contribution in [0.1, 0.15) is 43.0 Å². The largest absolute Gasteiger partial charge is 0.293 e. The molecule has 1 aromatic carbocycles. The average Bonchev–Trinajstić information content (AvgIpc) is 2.64.